The Balaban J connectivity index is 1.54. The zero-order valence-electron chi connectivity index (χ0n) is 15.4. The predicted octanol–water partition coefficient (Wildman–Crippen LogP) is 4.38. The number of hydrogen-bond donors (Lipinski definition) is 4. The lowest BCUT2D eigenvalue weighted by atomic mass is 10.1. The second-order valence-electron chi connectivity index (χ2n) is 7.08. The lowest BCUT2D eigenvalue weighted by molar-refractivity contribution is 0.154. The number of imidazole rings is 1. The van der Waals surface area contributed by atoms with Gasteiger partial charge in [-0.25, -0.2) is 9.97 Å². The Morgan fingerprint density at radius 1 is 1.17 bits per heavy atom. The maximum Gasteiger partial charge on any atom is 0.224 e. The summed E-state index contributed by atoms with van der Waals surface area (Å²) in [6.07, 6.45) is 5.95. The Morgan fingerprint density at radius 2 is 1.93 bits per heavy atom. The van der Waals surface area contributed by atoms with Gasteiger partial charge in [-0.15, -0.1) is 0 Å². The lowest BCUT2D eigenvalue weighted by Crippen LogP contribution is -2.24. The maximum atomic E-state index is 9.99. The minimum Gasteiger partial charge on any atom is -0.393 e. The maximum absolute atomic E-state index is 9.99. The summed E-state index contributed by atoms with van der Waals surface area (Å²) < 4.78 is 0. The van der Waals surface area contributed by atoms with E-state index in [4.69, 9.17) is 28.5 Å². The fraction of sp³-hybridized carbons (Fsp3) is 0.368. The molecule has 1 aliphatic carbocycles. The highest BCUT2D eigenvalue weighted by molar-refractivity contribution is 6.39. The van der Waals surface area contributed by atoms with Crippen LogP contribution >= 0.6 is 23.2 Å². The van der Waals surface area contributed by atoms with Crippen molar-refractivity contribution in [1.29, 1.82) is 5.26 Å². The van der Waals surface area contributed by atoms with Gasteiger partial charge in [0.1, 0.15) is 5.52 Å². The molecule has 1 saturated carbocycles. The van der Waals surface area contributed by atoms with Gasteiger partial charge in [0.05, 0.1) is 39.7 Å². The van der Waals surface area contributed by atoms with Crippen LogP contribution in [-0.2, 0) is 0 Å². The van der Waals surface area contributed by atoms with Gasteiger partial charge in [-0.1, -0.05) is 36.0 Å². The van der Waals surface area contributed by atoms with Gasteiger partial charge < -0.3 is 20.7 Å². The van der Waals surface area contributed by atoms with Crippen LogP contribution in [0.4, 0.5) is 17.6 Å². The predicted molar refractivity (Wildman–Crippen MR) is 113 cm³/mol. The van der Waals surface area contributed by atoms with E-state index in [1.54, 1.807) is 6.20 Å². The minimum absolute atomic E-state index is 0.140. The number of anilines is 3. The molecule has 2 atom stereocenters. The molecule has 1 fully saturated rings. The van der Waals surface area contributed by atoms with Crippen LogP contribution in [0.5, 0.6) is 0 Å². The molecule has 0 radical (unpaired) electrons. The number of H-pyrrole nitrogens is 1. The van der Waals surface area contributed by atoms with E-state index in [1.165, 1.54) is 12.1 Å². The van der Waals surface area contributed by atoms with Gasteiger partial charge in [-0.2, -0.15) is 10.2 Å². The molecule has 0 aliphatic heterocycles. The summed E-state index contributed by atoms with van der Waals surface area (Å²) in [5, 5.41) is 26.0. The zero-order chi connectivity index (χ0) is 20.4. The fourth-order valence-corrected chi connectivity index (χ4v) is 4.04. The van der Waals surface area contributed by atoms with Crippen molar-refractivity contribution in [3.05, 3.63) is 33.9 Å². The molecule has 3 aromatic rings. The van der Waals surface area contributed by atoms with Gasteiger partial charge in [0, 0.05) is 6.04 Å². The van der Waals surface area contributed by atoms with E-state index < -0.39 is 0 Å². The quantitative estimate of drug-likeness (QED) is 0.451. The van der Waals surface area contributed by atoms with Gasteiger partial charge in [0.15, 0.2) is 5.65 Å². The summed E-state index contributed by atoms with van der Waals surface area (Å²) in [6, 6.07) is 5.21. The average Bonchev–Trinajstić information content (AvgIpc) is 2.97. The lowest BCUT2D eigenvalue weighted by Gasteiger charge is -2.17. The largest absolute Gasteiger partial charge is 0.393 e. The van der Waals surface area contributed by atoms with E-state index in [2.05, 4.69) is 30.6 Å². The van der Waals surface area contributed by atoms with E-state index in [0.29, 0.717) is 50.8 Å². The monoisotopic (exact) mass is 431 g/mol. The third kappa shape index (κ3) is 4.53. The van der Waals surface area contributed by atoms with E-state index in [9.17, 15) is 5.11 Å². The van der Waals surface area contributed by atoms with Crippen LogP contribution in [0, 0.1) is 11.3 Å². The molecule has 2 heterocycles. The second-order valence-corrected chi connectivity index (χ2v) is 7.89. The van der Waals surface area contributed by atoms with Crippen LogP contribution in [-0.4, -0.2) is 37.2 Å². The molecule has 0 saturated heterocycles. The first kappa shape index (κ1) is 19.7. The van der Waals surface area contributed by atoms with Gasteiger partial charge in [-0.3, -0.25) is 0 Å². The second kappa shape index (κ2) is 8.41. The number of halogens is 2. The summed E-state index contributed by atoms with van der Waals surface area (Å²) in [6.45, 7) is 0. The number of benzene rings is 1. The highest BCUT2D eigenvalue weighted by Crippen LogP contribution is 2.33. The molecule has 0 unspecified atom stereocenters. The van der Waals surface area contributed by atoms with Crippen molar-refractivity contribution in [1.82, 2.24) is 19.9 Å². The third-order valence-corrected chi connectivity index (χ3v) is 5.48. The molecule has 29 heavy (non-hydrogen) atoms. The Morgan fingerprint density at radius 3 is 2.69 bits per heavy atom. The summed E-state index contributed by atoms with van der Waals surface area (Å²) in [5.74, 6) is 0.895. The van der Waals surface area contributed by atoms with Crippen molar-refractivity contribution in [3.8, 4) is 6.07 Å². The molecule has 10 heteroatoms. The number of aliphatic hydroxyl groups excluding tert-OH is 1. The van der Waals surface area contributed by atoms with Gasteiger partial charge in [-0.05, 0) is 31.4 Å². The highest BCUT2D eigenvalue weighted by Gasteiger charge is 2.19. The van der Waals surface area contributed by atoms with E-state index in [1.807, 2.05) is 6.07 Å². The van der Waals surface area contributed by atoms with Crippen LogP contribution in [0.3, 0.4) is 0 Å². The third-order valence-electron chi connectivity index (χ3n) is 4.88. The molecule has 0 bridgehead atoms. The number of nitrogens with one attached hydrogen (secondary N) is 3. The Kier molecular flexibility index (Phi) is 5.72. The Hall–Kier alpha value is -2.60. The smallest absolute Gasteiger partial charge is 0.224 e. The van der Waals surface area contributed by atoms with Gasteiger partial charge in [0.25, 0.3) is 0 Å². The highest BCUT2D eigenvalue weighted by atomic mass is 35.5. The van der Waals surface area contributed by atoms with Crippen molar-refractivity contribution in [3.63, 3.8) is 0 Å². The summed E-state index contributed by atoms with van der Waals surface area (Å²) in [7, 11) is 0. The topological polar surface area (TPSA) is 123 Å². The molecule has 1 aliphatic rings. The van der Waals surface area contributed by atoms with Gasteiger partial charge >= 0.3 is 0 Å². The molecular weight excluding hydrogens is 413 g/mol. The van der Waals surface area contributed by atoms with Crippen molar-refractivity contribution < 1.29 is 5.11 Å². The van der Waals surface area contributed by atoms with Crippen LogP contribution < -0.4 is 10.6 Å². The van der Waals surface area contributed by atoms with Crippen LogP contribution in [0.25, 0.3) is 11.2 Å². The first-order valence-corrected chi connectivity index (χ1v) is 10.1. The number of hydrogen-bond acceptors (Lipinski definition) is 7. The number of aliphatic hydroxyl groups is 1. The number of fused-ring (bicyclic) bond motifs is 1. The number of aromatic nitrogens is 4. The SMILES string of the molecule is N#Cc1cc(Cl)c(Nc2nc3cnc(N[C@H]4CCCC[C@H](O)C4)nc3[nH]2)c(Cl)c1. The van der Waals surface area contributed by atoms with E-state index >= 15 is 0 Å². The van der Waals surface area contributed by atoms with Crippen molar-refractivity contribution >= 4 is 51.9 Å². The summed E-state index contributed by atoms with van der Waals surface area (Å²) in [5.41, 5.74) is 1.96. The molecule has 4 N–H and O–H groups in total. The van der Waals surface area contributed by atoms with E-state index in [0.717, 1.165) is 25.7 Å². The standard InChI is InChI=1S/C19H19Cl2N7O/c20-13-5-10(8-22)6-14(21)16(13)26-19-25-15-9-23-18(27-17(15)28-19)24-11-3-1-2-4-12(29)7-11/h5-6,9,11-12,29H,1-4,7H2,(H3,23,24,25,26,27,28)/t11-,12-/m0/s1. The molecule has 0 spiro atoms. The minimum atomic E-state index is -0.288. The van der Waals surface area contributed by atoms with Crippen LogP contribution in [0.15, 0.2) is 18.3 Å². The summed E-state index contributed by atoms with van der Waals surface area (Å²) >= 11 is 12.4. The molecule has 8 nitrogen and oxygen atoms in total. The number of nitrogens with zero attached hydrogens (tertiary/aromatic N) is 4. The zero-order valence-corrected chi connectivity index (χ0v) is 16.9. The first-order valence-electron chi connectivity index (χ1n) is 9.35. The van der Waals surface area contributed by atoms with Crippen molar-refractivity contribution in [2.75, 3.05) is 10.6 Å². The molecule has 2 aromatic heterocycles. The molecule has 150 valence electrons. The van der Waals surface area contributed by atoms with Crippen LogP contribution in [0.1, 0.15) is 37.7 Å². The Labute approximate surface area is 177 Å². The van der Waals surface area contributed by atoms with Crippen molar-refractivity contribution in [2.24, 2.45) is 0 Å². The van der Waals surface area contributed by atoms with Crippen LogP contribution in [0.2, 0.25) is 10.0 Å². The Bertz CT molecular complexity index is 1060. The molecular formula is C19H19Cl2N7O. The first-order chi connectivity index (χ1) is 14.0. The fourth-order valence-electron chi connectivity index (χ4n) is 3.46. The number of aromatic amines is 1. The summed E-state index contributed by atoms with van der Waals surface area (Å²) in [4.78, 5) is 16.3. The van der Waals surface area contributed by atoms with Gasteiger partial charge in [0.2, 0.25) is 11.9 Å². The number of rotatable bonds is 4. The molecule has 4 rings (SSSR count). The normalized spacial score (nSPS) is 19.5. The average molecular weight is 432 g/mol. The van der Waals surface area contributed by atoms with Crippen molar-refractivity contribution in [2.45, 2.75) is 44.2 Å². The molecule has 1 aromatic carbocycles. The number of nitriles is 1. The van der Waals surface area contributed by atoms with E-state index in [-0.39, 0.29) is 12.1 Å². The molecule has 0 amide bonds.